The quantitative estimate of drug-likeness (QED) is 0.287. The number of halogens is 1. The van der Waals surface area contributed by atoms with Gasteiger partial charge in [-0.15, -0.1) is 11.6 Å². The Balaban J connectivity index is 1.46. The Bertz CT molecular complexity index is 1650. The summed E-state index contributed by atoms with van der Waals surface area (Å²) in [7, 11) is -0.578. The molecule has 3 heterocycles. The number of H-pyrrole nitrogens is 1. The highest BCUT2D eigenvalue weighted by Crippen LogP contribution is 2.41. The molecule has 0 radical (unpaired) electrons. The predicted molar refractivity (Wildman–Crippen MR) is 162 cm³/mol. The number of nitrogens with one attached hydrogen (secondary N) is 1. The van der Waals surface area contributed by atoms with Crippen molar-refractivity contribution < 1.29 is 27.5 Å². The van der Waals surface area contributed by atoms with Gasteiger partial charge in [0.15, 0.2) is 0 Å². The zero-order chi connectivity index (χ0) is 31.2. The van der Waals surface area contributed by atoms with E-state index < -0.39 is 46.1 Å². The summed E-state index contributed by atoms with van der Waals surface area (Å²) in [6.07, 6.45) is -0.250. The summed E-state index contributed by atoms with van der Waals surface area (Å²) in [4.78, 5) is 45.3. The Morgan fingerprint density at radius 1 is 1.09 bits per heavy atom. The third-order valence-electron chi connectivity index (χ3n) is 8.18. The molecule has 2 aliphatic rings. The summed E-state index contributed by atoms with van der Waals surface area (Å²) in [5, 5.41) is 0.957. The number of nitrogens with two attached hydrogens (primary N) is 1. The van der Waals surface area contributed by atoms with Crippen molar-refractivity contribution in [2.75, 3.05) is 33.1 Å². The van der Waals surface area contributed by atoms with Crippen molar-refractivity contribution in [3.05, 3.63) is 65.4 Å². The highest BCUT2D eigenvalue weighted by molar-refractivity contribution is 7.89. The molecule has 43 heavy (non-hydrogen) atoms. The van der Waals surface area contributed by atoms with Crippen molar-refractivity contribution in [3.8, 4) is 0 Å². The summed E-state index contributed by atoms with van der Waals surface area (Å²) in [5.41, 5.74) is 9.02. The van der Waals surface area contributed by atoms with Gasteiger partial charge in [-0.2, -0.15) is 4.31 Å². The Morgan fingerprint density at radius 3 is 2.35 bits per heavy atom. The van der Waals surface area contributed by atoms with E-state index in [-0.39, 0.29) is 35.7 Å². The summed E-state index contributed by atoms with van der Waals surface area (Å²) in [6.45, 7) is 3.69. The van der Waals surface area contributed by atoms with E-state index >= 15 is 0 Å². The van der Waals surface area contributed by atoms with Crippen molar-refractivity contribution >= 4 is 50.3 Å². The van der Waals surface area contributed by atoms with Gasteiger partial charge >= 0.3 is 5.97 Å². The van der Waals surface area contributed by atoms with Gasteiger partial charge in [0.05, 0.1) is 24.0 Å². The number of nitrogens with zero attached hydrogens (tertiary/aromatic N) is 3. The van der Waals surface area contributed by atoms with Gasteiger partial charge in [-0.05, 0) is 35.2 Å². The largest absolute Gasteiger partial charge is 0.458 e. The molecule has 2 amide bonds. The molecule has 3 aromatic rings. The molecule has 1 fully saturated rings. The third-order valence-corrected chi connectivity index (χ3v) is 10.3. The summed E-state index contributed by atoms with van der Waals surface area (Å²) >= 11 is 6.06. The first-order chi connectivity index (χ1) is 20.3. The van der Waals surface area contributed by atoms with Gasteiger partial charge < -0.3 is 25.3 Å². The van der Waals surface area contributed by atoms with Crippen molar-refractivity contribution in [2.45, 2.75) is 49.4 Å². The Morgan fingerprint density at radius 2 is 1.74 bits per heavy atom. The van der Waals surface area contributed by atoms with Crippen LogP contribution >= 0.6 is 11.6 Å². The van der Waals surface area contributed by atoms with E-state index in [1.54, 1.807) is 26.2 Å². The fourth-order valence-corrected chi connectivity index (χ4v) is 7.30. The molecule has 0 aliphatic carbocycles. The maximum absolute atomic E-state index is 13.4. The lowest BCUT2D eigenvalue weighted by Gasteiger charge is -2.42. The number of aromatic amines is 1. The van der Waals surface area contributed by atoms with E-state index in [0.29, 0.717) is 12.0 Å². The number of amides is 2. The van der Waals surface area contributed by atoms with Crippen LogP contribution in [-0.4, -0.2) is 96.5 Å². The van der Waals surface area contributed by atoms with E-state index in [4.69, 9.17) is 22.1 Å². The number of esters is 1. The summed E-state index contributed by atoms with van der Waals surface area (Å²) in [6, 6.07) is 11.8. The number of rotatable bonds is 8. The number of carbonyl (C=O) groups excluding carboxylic acids is 3. The minimum Gasteiger partial charge on any atom is -0.458 e. The second-order valence-electron chi connectivity index (χ2n) is 11.6. The zero-order valence-corrected chi connectivity index (χ0v) is 26.1. The lowest BCUT2D eigenvalue weighted by Crippen LogP contribution is -2.56. The van der Waals surface area contributed by atoms with E-state index in [2.05, 4.69) is 4.98 Å². The topological polar surface area (TPSA) is 146 Å². The minimum absolute atomic E-state index is 0.0357. The summed E-state index contributed by atoms with van der Waals surface area (Å²) < 4.78 is 33.3. The molecule has 0 bridgehead atoms. The fraction of sp³-hybridized carbons (Fsp3) is 0.433. The number of benzene rings is 2. The van der Waals surface area contributed by atoms with Crippen LogP contribution in [0.25, 0.3) is 10.9 Å². The molecular weight excluding hydrogens is 594 g/mol. The Hall–Kier alpha value is -3.45. The number of likely N-dealkylation sites (N-methyl/N-ethyl adjacent to an activating group) is 1. The number of hydrogen-bond acceptors (Lipinski definition) is 7. The third kappa shape index (κ3) is 5.64. The smallest absolute Gasteiger partial charge is 0.323 e. The lowest BCUT2D eigenvalue weighted by atomic mass is 9.87. The second kappa shape index (κ2) is 11.9. The average Bonchev–Trinajstić information content (AvgIpc) is 3.34. The van der Waals surface area contributed by atoms with Crippen molar-refractivity contribution in [2.24, 2.45) is 11.7 Å². The Kier molecular flexibility index (Phi) is 8.59. The molecule has 3 N–H and O–H groups in total. The highest BCUT2D eigenvalue weighted by atomic mass is 35.5. The maximum Gasteiger partial charge on any atom is 0.323 e. The molecule has 230 valence electrons. The molecule has 13 heteroatoms. The number of carbonyl (C=O) groups is 3. The number of hydrogen-bond donors (Lipinski definition) is 2. The number of sulfonamides is 1. The van der Waals surface area contributed by atoms with Gasteiger partial charge in [0.25, 0.3) is 0 Å². The first kappa shape index (κ1) is 31.0. The molecule has 3 atom stereocenters. The molecule has 1 aromatic heterocycles. The normalized spacial score (nSPS) is 20.0. The van der Waals surface area contributed by atoms with Crippen LogP contribution in [0, 0.1) is 5.92 Å². The average molecular weight is 630 g/mol. The molecule has 2 aliphatic heterocycles. The molecule has 5 rings (SSSR count). The number of alkyl halides is 1. The molecule has 0 unspecified atom stereocenters. The monoisotopic (exact) mass is 629 g/mol. The van der Waals surface area contributed by atoms with Crippen molar-refractivity contribution in [1.29, 1.82) is 0 Å². The van der Waals surface area contributed by atoms with Crippen LogP contribution < -0.4 is 5.73 Å². The zero-order valence-electron chi connectivity index (χ0n) is 24.5. The van der Waals surface area contributed by atoms with Gasteiger partial charge in [-0.25, -0.2) is 8.42 Å². The molecule has 0 saturated carbocycles. The van der Waals surface area contributed by atoms with Crippen LogP contribution in [0.3, 0.4) is 0 Å². The standard InChI is InChI=1S/C30H36ClN5O6S/c1-17(2)26(32)30(39)42-19-15-35(16-19)43(40,41)20-11-9-18(10-12-20)28-27-22(21-7-5-6-8-23(21)33-27)13-24(29(38)34(3)4)36(28)25(37)14-31/h5-12,17,19,24,26,28,33H,13-16,32H2,1-4H3/t24-,26+,28+/m1/s1. The van der Waals surface area contributed by atoms with Gasteiger partial charge in [-0.1, -0.05) is 44.2 Å². The van der Waals surface area contributed by atoms with Crippen LogP contribution in [0.5, 0.6) is 0 Å². The number of ether oxygens (including phenoxy) is 1. The predicted octanol–water partition coefficient (Wildman–Crippen LogP) is 2.24. The van der Waals surface area contributed by atoms with E-state index in [1.165, 1.54) is 26.2 Å². The van der Waals surface area contributed by atoms with Crippen LogP contribution in [0.15, 0.2) is 53.4 Å². The summed E-state index contributed by atoms with van der Waals surface area (Å²) in [5.74, 6) is -1.61. The van der Waals surface area contributed by atoms with Crippen LogP contribution in [0.4, 0.5) is 0 Å². The van der Waals surface area contributed by atoms with Crippen LogP contribution in [-0.2, 0) is 35.6 Å². The minimum atomic E-state index is -3.87. The number of fused-ring (bicyclic) bond motifs is 3. The van der Waals surface area contributed by atoms with E-state index in [0.717, 1.165) is 22.2 Å². The Labute approximate surface area is 255 Å². The molecule has 0 spiro atoms. The molecule has 2 aromatic carbocycles. The van der Waals surface area contributed by atoms with Gasteiger partial charge in [-0.3, -0.25) is 14.4 Å². The first-order valence-electron chi connectivity index (χ1n) is 14.1. The van der Waals surface area contributed by atoms with Crippen LogP contribution in [0.2, 0.25) is 0 Å². The molecule has 1 saturated heterocycles. The maximum atomic E-state index is 13.4. The lowest BCUT2D eigenvalue weighted by molar-refractivity contribution is -0.157. The van der Waals surface area contributed by atoms with Crippen molar-refractivity contribution in [3.63, 3.8) is 0 Å². The van der Waals surface area contributed by atoms with Crippen LogP contribution in [0.1, 0.15) is 36.7 Å². The first-order valence-corrected chi connectivity index (χ1v) is 16.1. The molecular formula is C30H36ClN5O6S. The number of para-hydroxylation sites is 1. The van der Waals surface area contributed by atoms with Gasteiger partial charge in [0.2, 0.25) is 21.8 Å². The fourth-order valence-electron chi connectivity index (χ4n) is 5.66. The molecule has 11 nitrogen and oxygen atoms in total. The highest BCUT2D eigenvalue weighted by Gasteiger charge is 2.44. The second-order valence-corrected chi connectivity index (χ2v) is 13.8. The van der Waals surface area contributed by atoms with Gasteiger partial charge in [0.1, 0.15) is 24.1 Å². The number of aromatic nitrogens is 1. The van der Waals surface area contributed by atoms with Crippen molar-refractivity contribution in [1.82, 2.24) is 19.1 Å². The van der Waals surface area contributed by atoms with E-state index in [9.17, 15) is 22.8 Å². The van der Waals surface area contributed by atoms with E-state index in [1.807, 2.05) is 38.1 Å². The SMILES string of the molecule is CC(C)[C@H](N)C(=O)OC1CN(S(=O)(=O)c2ccc([C@H]3c4[nH]c5ccccc5c4C[C@H](C(=O)N(C)C)N3C(=O)CCl)cc2)C1. The van der Waals surface area contributed by atoms with Gasteiger partial charge in [0, 0.05) is 37.1 Å².